The van der Waals surface area contributed by atoms with E-state index in [1.807, 2.05) is 0 Å². The van der Waals surface area contributed by atoms with Crippen LogP contribution in [0.5, 0.6) is 0 Å². The minimum atomic E-state index is 0.875. The first-order chi connectivity index (χ1) is 7.57. The largest absolute Gasteiger partial charge is 0.106 e. The normalized spacial score (nSPS) is 14.1. The molecule has 0 amide bonds. The van der Waals surface area contributed by atoms with Gasteiger partial charge >= 0.3 is 0 Å². The van der Waals surface area contributed by atoms with Crippen LogP contribution in [0, 0.1) is 17.8 Å². The molecule has 0 aromatic carbocycles. The molecule has 0 rings (SSSR count). The molecule has 0 N–H and O–H groups in total. The summed E-state index contributed by atoms with van der Waals surface area (Å²) in [5.41, 5.74) is 0. The summed E-state index contributed by atoms with van der Waals surface area (Å²) in [6.45, 7) is 17.8. The van der Waals surface area contributed by atoms with Crippen molar-refractivity contribution < 1.29 is 0 Å². The van der Waals surface area contributed by atoms with Crippen LogP contribution in [0.15, 0.2) is 13.2 Å². The molecule has 2 atom stereocenters. The minimum absolute atomic E-state index is 0.875. The zero-order chi connectivity index (χ0) is 13.0. The summed E-state index contributed by atoms with van der Waals surface area (Å²) in [4.78, 5) is 0. The van der Waals surface area contributed by atoms with Gasteiger partial charge < -0.3 is 0 Å². The molecule has 0 aliphatic heterocycles. The Morgan fingerprint density at radius 3 is 1.69 bits per heavy atom. The summed E-state index contributed by atoms with van der Waals surface area (Å²) in [7, 11) is 0. The Balaban J connectivity index is 0. The first-order valence-electron chi connectivity index (χ1n) is 7.07. The molecule has 0 bridgehead atoms. The van der Waals surface area contributed by atoms with Gasteiger partial charge in [-0.3, -0.25) is 0 Å². The van der Waals surface area contributed by atoms with Crippen molar-refractivity contribution in [3.8, 4) is 0 Å². The molecule has 0 spiro atoms. The molecule has 0 nitrogen and oxygen atoms in total. The Kier molecular flexibility index (Phi) is 14.5. The molecular formula is C16H34. The molecule has 0 radical (unpaired) electrons. The summed E-state index contributed by atoms with van der Waals surface area (Å²) in [5, 5.41) is 0. The van der Waals surface area contributed by atoms with Crippen LogP contribution in [0.2, 0.25) is 0 Å². The van der Waals surface area contributed by atoms with E-state index in [4.69, 9.17) is 0 Å². The Morgan fingerprint density at radius 2 is 1.25 bits per heavy atom. The van der Waals surface area contributed by atoms with Gasteiger partial charge in [0.2, 0.25) is 0 Å². The van der Waals surface area contributed by atoms with Gasteiger partial charge in [-0.2, -0.15) is 0 Å². The maximum absolute atomic E-state index is 3.00. The highest BCUT2D eigenvalue weighted by Gasteiger charge is 2.11. The van der Waals surface area contributed by atoms with E-state index in [1.165, 1.54) is 38.5 Å². The lowest BCUT2D eigenvalue weighted by molar-refractivity contribution is 0.313. The maximum atomic E-state index is 3.00. The zero-order valence-electron chi connectivity index (χ0n) is 12.4. The van der Waals surface area contributed by atoms with Crippen molar-refractivity contribution in [2.24, 2.45) is 17.8 Å². The van der Waals surface area contributed by atoms with Gasteiger partial charge in [-0.05, 0) is 17.8 Å². The van der Waals surface area contributed by atoms with Crippen LogP contribution in [-0.2, 0) is 0 Å². The number of unbranched alkanes of at least 4 members (excludes halogenated alkanes) is 2. The summed E-state index contributed by atoms with van der Waals surface area (Å²) in [6.07, 6.45) is 8.47. The number of rotatable bonds is 8. The molecule has 0 saturated carbocycles. The van der Waals surface area contributed by atoms with E-state index in [9.17, 15) is 0 Å². The third-order valence-corrected chi connectivity index (χ3v) is 3.43. The first-order valence-corrected chi connectivity index (χ1v) is 7.07. The van der Waals surface area contributed by atoms with Crippen molar-refractivity contribution in [3.63, 3.8) is 0 Å². The highest BCUT2D eigenvalue weighted by molar-refractivity contribution is 4.63. The van der Waals surface area contributed by atoms with Gasteiger partial charge in [0.25, 0.3) is 0 Å². The lowest BCUT2D eigenvalue weighted by Gasteiger charge is -2.20. The van der Waals surface area contributed by atoms with Crippen LogP contribution in [0.3, 0.4) is 0 Å². The van der Waals surface area contributed by atoms with Crippen LogP contribution in [-0.4, -0.2) is 0 Å². The third kappa shape index (κ3) is 11.8. The first kappa shape index (κ1) is 18.1. The smallest absolute Gasteiger partial charge is 0.0417 e. The molecule has 0 fully saturated rings. The molecule has 0 heterocycles. The Bertz CT molecular complexity index is 126. The Hall–Kier alpha value is -0.260. The molecule has 0 aliphatic rings. The molecule has 16 heavy (non-hydrogen) atoms. The van der Waals surface area contributed by atoms with Crippen LogP contribution in [0.1, 0.15) is 73.1 Å². The van der Waals surface area contributed by atoms with Crippen molar-refractivity contribution >= 4 is 0 Å². The van der Waals surface area contributed by atoms with Gasteiger partial charge in [-0.25, -0.2) is 0 Å². The fraction of sp³-hybridized carbons (Fsp3) is 0.875. The van der Waals surface area contributed by atoms with Gasteiger partial charge in [0.15, 0.2) is 0 Å². The quantitative estimate of drug-likeness (QED) is 0.348. The lowest BCUT2D eigenvalue weighted by Crippen LogP contribution is -2.09. The lowest BCUT2D eigenvalue weighted by atomic mass is 9.86. The average Bonchev–Trinajstić information content (AvgIpc) is 2.28. The molecule has 0 heteroatoms. The van der Waals surface area contributed by atoms with Crippen molar-refractivity contribution in [2.75, 3.05) is 0 Å². The molecule has 0 aliphatic carbocycles. The highest BCUT2D eigenvalue weighted by atomic mass is 14.2. The second-order valence-electron chi connectivity index (χ2n) is 5.42. The fourth-order valence-corrected chi connectivity index (χ4v) is 1.88. The maximum Gasteiger partial charge on any atom is -0.0417 e. The molecule has 98 valence electrons. The monoisotopic (exact) mass is 226 g/mol. The summed E-state index contributed by atoms with van der Waals surface area (Å²) in [5.74, 6) is 2.73. The predicted octanol–water partition coefficient (Wildman–Crippen LogP) is 6.08. The third-order valence-electron chi connectivity index (χ3n) is 3.43. The minimum Gasteiger partial charge on any atom is -0.106 e. The summed E-state index contributed by atoms with van der Waals surface area (Å²) >= 11 is 0. The SMILES string of the molecule is C=C.CCCCCC(C)C(C)CCC(C)C. The second-order valence-corrected chi connectivity index (χ2v) is 5.42. The molecule has 0 aromatic heterocycles. The number of hydrogen-bond donors (Lipinski definition) is 0. The zero-order valence-corrected chi connectivity index (χ0v) is 12.4. The van der Waals surface area contributed by atoms with Gasteiger partial charge in [-0.15, -0.1) is 13.2 Å². The van der Waals surface area contributed by atoms with Gasteiger partial charge in [0, 0.05) is 0 Å². The van der Waals surface area contributed by atoms with E-state index in [2.05, 4.69) is 47.8 Å². The van der Waals surface area contributed by atoms with Crippen LogP contribution < -0.4 is 0 Å². The Morgan fingerprint density at radius 1 is 0.750 bits per heavy atom. The van der Waals surface area contributed by atoms with Gasteiger partial charge in [0.1, 0.15) is 0 Å². The van der Waals surface area contributed by atoms with Gasteiger partial charge in [0.05, 0.1) is 0 Å². The van der Waals surface area contributed by atoms with Crippen LogP contribution >= 0.6 is 0 Å². The van der Waals surface area contributed by atoms with Gasteiger partial charge in [-0.1, -0.05) is 73.1 Å². The van der Waals surface area contributed by atoms with Crippen molar-refractivity contribution in [2.45, 2.75) is 73.1 Å². The molecular weight excluding hydrogens is 192 g/mol. The Labute approximate surface area is 105 Å². The van der Waals surface area contributed by atoms with E-state index >= 15 is 0 Å². The average molecular weight is 226 g/mol. The van der Waals surface area contributed by atoms with Crippen molar-refractivity contribution in [1.82, 2.24) is 0 Å². The second kappa shape index (κ2) is 12.8. The predicted molar refractivity (Wildman–Crippen MR) is 77.8 cm³/mol. The standard InChI is InChI=1S/C14H30.C2H4/c1-6-7-8-9-13(4)14(5)11-10-12(2)3;1-2/h12-14H,6-11H2,1-5H3;1-2H2. The topological polar surface area (TPSA) is 0 Å². The summed E-state index contributed by atoms with van der Waals surface area (Å²) < 4.78 is 0. The van der Waals surface area contributed by atoms with E-state index < -0.39 is 0 Å². The highest BCUT2D eigenvalue weighted by Crippen LogP contribution is 2.24. The van der Waals surface area contributed by atoms with Crippen LogP contribution in [0.4, 0.5) is 0 Å². The van der Waals surface area contributed by atoms with E-state index in [-0.39, 0.29) is 0 Å². The van der Waals surface area contributed by atoms with Crippen LogP contribution in [0.25, 0.3) is 0 Å². The fourth-order valence-electron chi connectivity index (χ4n) is 1.88. The van der Waals surface area contributed by atoms with E-state index in [0.29, 0.717) is 0 Å². The van der Waals surface area contributed by atoms with Crippen molar-refractivity contribution in [3.05, 3.63) is 13.2 Å². The van der Waals surface area contributed by atoms with Crippen molar-refractivity contribution in [1.29, 1.82) is 0 Å². The van der Waals surface area contributed by atoms with E-state index in [1.54, 1.807) is 0 Å². The molecule has 2 unspecified atom stereocenters. The molecule has 0 aromatic rings. The molecule has 0 saturated heterocycles. The summed E-state index contributed by atoms with van der Waals surface area (Å²) in [6, 6.07) is 0. The number of hydrogen-bond acceptors (Lipinski definition) is 0. The van der Waals surface area contributed by atoms with E-state index in [0.717, 1.165) is 17.8 Å².